The Balaban J connectivity index is 0.00000338. The van der Waals surface area contributed by atoms with Gasteiger partial charge in [-0.3, -0.25) is 4.99 Å². The SMILES string of the molecule is CCNC(=NCC(C)c1c(C)noc1C)N(C)CCC1CCOCC1.I. The molecule has 7 heteroatoms. The van der Waals surface area contributed by atoms with Crippen LogP contribution in [-0.4, -0.2) is 55.9 Å². The van der Waals surface area contributed by atoms with Gasteiger partial charge in [0.1, 0.15) is 5.76 Å². The lowest BCUT2D eigenvalue weighted by molar-refractivity contribution is 0.0625. The van der Waals surface area contributed by atoms with Crippen LogP contribution < -0.4 is 5.32 Å². The Bertz CT molecular complexity index is 536. The zero-order valence-corrected chi connectivity index (χ0v) is 19.2. The van der Waals surface area contributed by atoms with Crippen LogP contribution in [0.4, 0.5) is 0 Å². The highest BCUT2D eigenvalue weighted by molar-refractivity contribution is 14.0. The van der Waals surface area contributed by atoms with Gasteiger partial charge in [-0.25, -0.2) is 0 Å². The number of nitrogens with one attached hydrogen (secondary N) is 1. The first-order valence-electron chi connectivity index (χ1n) is 9.52. The summed E-state index contributed by atoms with van der Waals surface area (Å²) in [6.07, 6.45) is 3.57. The van der Waals surface area contributed by atoms with E-state index in [0.29, 0.717) is 5.92 Å². The number of aliphatic imine (C=N–C) groups is 1. The van der Waals surface area contributed by atoms with E-state index < -0.39 is 0 Å². The summed E-state index contributed by atoms with van der Waals surface area (Å²) in [6, 6.07) is 0. The van der Waals surface area contributed by atoms with Crippen molar-refractivity contribution in [2.45, 2.75) is 52.9 Å². The van der Waals surface area contributed by atoms with E-state index in [-0.39, 0.29) is 24.0 Å². The van der Waals surface area contributed by atoms with Gasteiger partial charge in [0.25, 0.3) is 0 Å². The van der Waals surface area contributed by atoms with E-state index in [1.807, 2.05) is 13.8 Å². The maximum atomic E-state index is 5.45. The van der Waals surface area contributed by atoms with Crippen LogP contribution in [0.15, 0.2) is 9.52 Å². The van der Waals surface area contributed by atoms with Crippen molar-refractivity contribution >= 4 is 29.9 Å². The van der Waals surface area contributed by atoms with E-state index in [1.54, 1.807) is 0 Å². The molecule has 1 aromatic rings. The molecule has 150 valence electrons. The summed E-state index contributed by atoms with van der Waals surface area (Å²) in [7, 11) is 2.13. The Morgan fingerprint density at radius 2 is 2.04 bits per heavy atom. The summed E-state index contributed by atoms with van der Waals surface area (Å²) in [4.78, 5) is 7.10. The van der Waals surface area contributed by atoms with Crippen LogP contribution in [-0.2, 0) is 4.74 Å². The van der Waals surface area contributed by atoms with Crippen LogP contribution in [0.2, 0.25) is 0 Å². The molecule has 1 N–H and O–H groups in total. The van der Waals surface area contributed by atoms with Gasteiger partial charge in [0, 0.05) is 51.4 Å². The van der Waals surface area contributed by atoms with Crippen molar-refractivity contribution in [3.8, 4) is 0 Å². The quantitative estimate of drug-likeness (QED) is 0.368. The second-order valence-electron chi connectivity index (χ2n) is 7.10. The molecule has 0 radical (unpaired) electrons. The first-order valence-corrected chi connectivity index (χ1v) is 9.52. The first kappa shape index (κ1) is 23.2. The number of halogens is 1. The third-order valence-corrected chi connectivity index (χ3v) is 5.01. The van der Waals surface area contributed by atoms with Gasteiger partial charge >= 0.3 is 0 Å². The van der Waals surface area contributed by atoms with Gasteiger partial charge < -0.3 is 19.5 Å². The zero-order chi connectivity index (χ0) is 18.2. The predicted molar refractivity (Wildman–Crippen MR) is 117 cm³/mol. The summed E-state index contributed by atoms with van der Waals surface area (Å²) in [5.74, 6) is 2.95. The Morgan fingerprint density at radius 1 is 1.35 bits per heavy atom. The fourth-order valence-electron chi connectivity index (χ4n) is 3.50. The second kappa shape index (κ2) is 11.8. The maximum absolute atomic E-state index is 5.45. The van der Waals surface area contributed by atoms with Crippen LogP contribution in [0.3, 0.4) is 0 Å². The number of aryl methyl sites for hydroxylation is 2. The standard InChI is InChI=1S/C19H34N4O2.HI/c1-6-20-19(23(5)10-7-17-8-11-24-12-9-17)21-13-14(2)18-15(3)22-25-16(18)4;/h14,17H,6-13H2,1-5H3,(H,20,21);1H. The highest BCUT2D eigenvalue weighted by atomic mass is 127. The molecule has 0 bridgehead atoms. The topological polar surface area (TPSA) is 62.9 Å². The highest BCUT2D eigenvalue weighted by Gasteiger charge is 2.18. The molecule has 26 heavy (non-hydrogen) atoms. The highest BCUT2D eigenvalue weighted by Crippen LogP contribution is 2.23. The molecule has 0 aromatic carbocycles. The van der Waals surface area contributed by atoms with Crippen molar-refractivity contribution in [3.63, 3.8) is 0 Å². The molecular weight excluding hydrogens is 443 g/mol. The molecule has 1 unspecified atom stereocenters. The maximum Gasteiger partial charge on any atom is 0.193 e. The number of rotatable bonds is 7. The monoisotopic (exact) mass is 478 g/mol. The van der Waals surface area contributed by atoms with Crippen molar-refractivity contribution in [1.82, 2.24) is 15.4 Å². The third kappa shape index (κ3) is 6.72. The minimum atomic E-state index is 0. The lowest BCUT2D eigenvalue weighted by atomic mass is 9.96. The van der Waals surface area contributed by atoms with Crippen LogP contribution in [0.1, 0.15) is 56.0 Å². The van der Waals surface area contributed by atoms with E-state index >= 15 is 0 Å². The van der Waals surface area contributed by atoms with Gasteiger partial charge in [-0.15, -0.1) is 24.0 Å². The number of nitrogens with zero attached hydrogens (tertiary/aromatic N) is 3. The molecule has 0 saturated carbocycles. The molecule has 1 aromatic heterocycles. The summed E-state index contributed by atoms with van der Waals surface area (Å²) in [6.45, 7) is 12.7. The van der Waals surface area contributed by atoms with Crippen molar-refractivity contribution < 1.29 is 9.26 Å². The average molecular weight is 478 g/mol. The summed E-state index contributed by atoms with van der Waals surface area (Å²) < 4.78 is 10.7. The number of guanidine groups is 1. The summed E-state index contributed by atoms with van der Waals surface area (Å²) in [5.41, 5.74) is 2.16. The van der Waals surface area contributed by atoms with E-state index in [0.717, 1.165) is 56.2 Å². The molecule has 0 spiro atoms. The smallest absolute Gasteiger partial charge is 0.193 e. The Morgan fingerprint density at radius 3 is 2.62 bits per heavy atom. The Hall–Kier alpha value is -0.830. The molecule has 0 aliphatic carbocycles. The molecular formula is C19H35IN4O2. The van der Waals surface area contributed by atoms with Gasteiger partial charge in [-0.05, 0) is 46.0 Å². The number of hydrogen-bond acceptors (Lipinski definition) is 4. The van der Waals surface area contributed by atoms with Gasteiger partial charge in [0.15, 0.2) is 5.96 Å². The Labute approximate surface area is 175 Å². The lowest BCUT2D eigenvalue weighted by Gasteiger charge is -2.27. The van der Waals surface area contributed by atoms with E-state index in [9.17, 15) is 0 Å². The minimum Gasteiger partial charge on any atom is -0.381 e. The van der Waals surface area contributed by atoms with E-state index in [4.69, 9.17) is 14.3 Å². The number of ether oxygens (including phenoxy) is 1. The van der Waals surface area contributed by atoms with Crippen molar-refractivity contribution in [2.24, 2.45) is 10.9 Å². The van der Waals surface area contributed by atoms with Crippen LogP contribution in [0.25, 0.3) is 0 Å². The van der Waals surface area contributed by atoms with E-state index in [2.05, 4.69) is 36.3 Å². The van der Waals surface area contributed by atoms with Crippen molar-refractivity contribution in [1.29, 1.82) is 0 Å². The summed E-state index contributed by atoms with van der Waals surface area (Å²) in [5, 5.41) is 7.47. The molecule has 6 nitrogen and oxygen atoms in total. The fraction of sp³-hybridized carbons (Fsp3) is 0.789. The number of aromatic nitrogens is 1. The minimum absolute atomic E-state index is 0. The predicted octanol–water partition coefficient (Wildman–Crippen LogP) is 3.73. The molecule has 2 rings (SSSR count). The molecule has 1 aliphatic rings. The lowest BCUT2D eigenvalue weighted by Crippen LogP contribution is -2.40. The van der Waals surface area contributed by atoms with E-state index in [1.165, 1.54) is 24.8 Å². The molecule has 0 amide bonds. The van der Waals surface area contributed by atoms with Gasteiger partial charge in [0.2, 0.25) is 0 Å². The van der Waals surface area contributed by atoms with Gasteiger partial charge in [-0.1, -0.05) is 12.1 Å². The van der Waals surface area contributed by atoms with Crippen LogP contribution >= 0.6 is 24.0 Å². The second-order valence-corrected chi connectivity index (χ2v) is 7.10. The zero-order valence-electron chi connectivity index (χ0n) is 16.9. The van der Waals surface area contributed by atoms with Crippen LogP contribution in [0, 0.1) is 19.8 Å². The Kier molecular flexibility index (Phi) is 10.5. The molecule has 1 atom stereocenters. The molecule has 1 saturated heterocycles. The summed E-state index contributed by atoms with van der Waals surface area (Å²) >= 11 is 0. The largest absolute Gasteiger partial charge is 0.381 e. The molecule has 2 heterocycles. The van der Waals surface area contributed by atoms with Gasteiger partial charge in [0.05, 0.1) is 5.69 Å². The first-order chi connectivity index (χ1) is 12.0. The van der Waals surface area contributed by atoms with Crippen molar-refractivity contribution in [3.05, 3.63) is 17.0 Å². The average Bonchev–Trinajstić information content (AvgIpc) is 2.95. The molecule has 1 aliphatic heterocycles. The molecule has 1 fully saturated rings. The van der Waals surface area contributed by atoms with Crippen LogP contribution in [0.5, 0.6) is 0 Å². The number of hydrogen-bond donors (Lipinski definition) is 1. The van der Waals surface area contributed by atoms with Gasteiger partial charge in [-0.2, -0.15) is 0 Å². The van der Waals surface area contributed by atoms with Crippen molar-refractivity contribution in [2.75, 3.05) is 39.9 Å². The normalized spacial score (nSPS) is 16.9. The fourth-order valence-corrected chi connectivity index (χ4v) is 3.50. The third-order valence-electron chi connectivity index (χ3n) is 5.01.